The summed E-state index contributed by atoms with van der Waals surface area (Å²) >= 11 is 0. The summed E-state index contributed by atoms with van der Waals surface area (Å²) in [5.74, 6) is 4.86. The van der Waals surface area contributed by atoms with Gasteiger partial charge in [-0.3, -0.25) is 0 Å². The average molecular weight is 141 g/mol. The summed E-state index contributed by atoms with van der Waals surface area (Å²) < 4.78 is 0. The quantitative estimate of drug-likeness (QED) is 0.277. The molecule has 0 amide bonds. The highest BCUT2D eigenvalue weighted by atomic mass is 15.3. The zero-order chi connectivity index (χ0) is 7.82. The van der Waals surface area contributed by atoms with E-state index in [4.69, 9.17) is 5.84 Å². The van der Waals surface area contributed by atoms with Gasteiger partial charge in [0, 0.05) is 0 Å². The molecule has 0 saturated heterocycles. The largest absolute Gasteiger partial charge is 0.305 e. The molecule has 0 aromatic heterocycles. The number of hydrogen-bond donors (Lipinski definition) is 1. The Morgan fingerprint density at radius 2 is 2.30 bits per heavy atom. The molecular weight excluding hydrogens is 126 g/mol. The van der Waals surface area contributed by atoms with Crippen LogP contribution < -0.4 is 5.84 Å². The fraction of sp³-hybridized carbons (Fsp3) is 0.714. The summed E-state index contributed by atoms with van der Waals surface area (Å²) in [5.41, 5.74) is 0. The summed E-state index contributed by atoms with van der Waals surface area (Å²) in [6, 6.07) is 0.122. The topological polar surface area (TPSA) is 50.7 Å². The van der Waals surface area contributed by atoms with Crippen LogP contribution in [-0.2, 0) is 0 Å². The number of unbranched alkanes of at least 4 members (excludes halogenated alkanes) is 1. The second-order valence-corrected chi connectivity index (χ2v) is 2.19. The van der Waals surface area contributed by atoms with E-state index in [0.29, 0.717) is 0 Å². The minimum absolute atomic E-state index is 0.122. The molecule has 0 aliphatic carbocycles. The molecule has 0 radical (unpaired) electrons. The number of hydrogen-bond acceptors (Lipinski definition) is 2. The van der Waals surface area contributed by atoms with Gasteiger partial charge in [-0.25, -0.2) is 0 Å². The smallest absolute Gasteiger partial charge is 0.0881 e. The van der Waals surface area contributed by atoms with E-state index in [-0.39, 0.29) is 6.04 Å². The molecule has 58 valence electrons. The van der Waals surface area contributed by atoms with Gasteiger partial charge in [-0.1, -0.05) is 30.7 Å². The number of allylic oxidation sites excluding steroid dienone is 1. The molecule has 2 N–H and O–H groups in total. The van der Waals surface area contributed by atoms with E-state index in [9.17, 15) is 0 Å². The van der Waals surface area contributed by atoms with Gasteiger partial charge < -0.3 is 5.84 Å². The van der Waals surface area contributed by atoms with Crippen LogP contribution in [0.25, 0.3) is 0 Å². The molecule has 0 saturated carbocycles. The standard InChI is InChI=1S/C7H15N3/c1-3-4-5-6-7(2)9-10-8/h5-7H,3-4H2,1-2H3,(H2,8,9)/b6-5-. The number of rotatable bonds is 4. The Kier molecular flexibility index (Phi) is 5.72. The molecule has 0 rings (SSSR count). The van der Waals surface area contributed by atoms with E-state index < -0.39 is 0 Å². The molecule has 0 aliphatic heterocycles. The summed E-state index contributed by atoms with van der Waals surface area (Å²) in [4.78, 5) is 0. The third-order valence-electron chi connectivity index (χ3n) is 1.12. The molecule has 0 aromatic rings. The summed E-state index contributed by atoms with van der Waals surface area (Å²) in [5, 5.41) is 6.90. The average Bonchev–Trinajstić information content (AvgIpc) is 1.89. The molecule has 1 atom stereocenters. The first-order valence-corrected chi connectivity index (χ1v) is 3.58. The van der Waals surface area contributed by atoms with Gasteiger partial charge in [-0.15, -0.1) is 0 Å². The lowest BCUT2D eigenvalue weighted by molar-refractivity contribution is 0.805. The Morgan fingerprint density at radius 3 is 2.80 bits per heavy atom. The third-order valence-corrected chi connectivity index (χ3v) is 1.12. The predicted molar refractivity (Wildman–Crippen MR) is 42.6 cm³/mol. The first-order chi connectivity index (χ1) is 4.81. The third kappa shape index (κ3) is 5.28. The first kappa shape index (κ1) is 9.14. The van der Waals surface area contributed by atoms with Crippen molar-refractivity contribution in [2.24, 2.45) is 16.2 Å². The minimum atomic E-state index is 0.122. The van der Waals surface area contributed by atoms with Crippen molar-refractivity contribution in [3.63, 3.8) is 0 Å². The molecule has 10 heavy (non-hydrogen) atoms. The Morgan fingerprint density at radius 1 is 1.60 bits per heavy atom. The fourth-order valence-corrected chi connectivity index (χ4v) is 0.603. The normalized spacial score (nSPS) is 15.0. The number of nitrogens with zero attached hydrogens (tertiary/aromatic N) is 2. The van der Waals surface area contributed by atoms with Gasteiger partial charge in [0.05, 0.1) is 6.04 Å². The Bertz CT molecular complexity index is 118. The molecule has 0 spiro atoms. The fourth-order valence-electron chi connectivity index (χ4n) is 0.603. The van der Waals surface area contributed by atoms with E-state index in [0.717, 1.165) is 6.42 Å². The lowest BCUT2D eigenvalue weighted by Gasteiger charge is -1.92. The molecule has 1 unspecified atom stereocenters. The van der Waals surface area contributed by atoms with E-state index >= 15 is 0 Å². The zero-order valence-corrected chi connectivity index (χ0v) is 6.62. The zero-order valence-electron chi connectivity index (χ0n) is 6.62. The lowest BCUT2D eigenvalue weighted by atomic mass is 10.2. The van der Waals surface area contributed by atoms with Crippen LogP contribution in [0.5, 0.6) is 0 Å². The molecule has 0 aliphatic rings. The van der Waals surface area contributed by atoms with Gasteiger partial charge in [0.1, 0.15) is 0 Å². The van der Waals surface area contributed by atoms with Gasteiger partial charge in [-0.2, -0.15) is 5.11 Å². The van der Waals surface area contributed by atoms with Crippen molar-refractivity contribution in [3.8, 4) is 0 Å². The van der Waals surface area contributed by atoms with Crippen LogP contribution >= 0.6 is 0 Å². The van der Waals surface area contributed by atoms with Gasteiger partial charge in [-0.05, 0) is 13.3 Å². The van der Waals surface area contributed by atoms with Gasteiger partial charge in [0.2, 0.25) is 0 Å². The molecular formula is C7H15N3. The van der Waals surface area contributed by atoms with Crippen LogP contribution in [0, 0.1) is 0 Å². The second kappa shape index (κ2) is 6.26. The molecule has 0 aromatic carbocycles. The Labute approximate surface area is 62.0 Å². The van der Waals surface area contributed by atoms with Crippen molar-refractivity contribution in [1.82, 2.24) is 0 Å². The van der Waals surface area contributed by atoms with Crippen molar-refractivity contribution in [1.29, 1.82) is 0 Å². The molecule has 3 heteroatoms. The summed E-state index contributed by atoms with van der Waals surface area (Å²) in [7, 11) is 0. The van der Waals surface area contributed by atoms with Crippen LogP contribution in [0.1, 0.15) is 26.7 Å². The molecule has 0 heterocycles. The van der Waals surface area contributed by atoms with Crippen molar-refractivity contribution >= 4 is 0 Å². The van der Waals surface area contributed by atoms with E-state index in [1.165, 1.54) is 6.42 Å². The summed E-state index contributed by atoms with van der Waals surface area (Å²) in [6.45, 7) is 4.09. The van der Waals surface area contributed by atoms with Crippen molar-refractivity contribution in [2.45, 2.75) is 32.7 Å². The Hall–Kier alpha value is -0.860. The highest BCUT2D eigenvalue weighted by molar-refractivity contribution is 4.89. The second-order valence-electron chi connectivity index (χ2n) is 2.19. The summed E-state index contributed by atoms with van der Waals surface area (Å²) in [6.07, 6.45) is 6.37. The van der Waals surface area contributed by atoms with Crippen molar-refractivity contribution in [3.05, 3.63) is 12.2 Å². The maximum absolute atomic E-state index is 4.86. The SMILES string of the molecule is CCC/C=C\C(C)N=NN. The number of nitrogens with two attached hydrogens (primary N) is 1. The van der Waals surface area contributed by atoms with E-state index in [1.54, 1.807) is 0 Å². The molecule has 0 fully saturated rings. The van der Waals surface area contributed by atoms with Crippen molar-refractivity contribution < 1.29 is 0 Å². The van der Waals surface area contributed by atoms with Crippen LogP contribution in [-0.4, -0.2) is 6.04 Å². The van der Waals surface area contributed by atoms with Crippen LogP contribution in [0.3, 0.4) is 0 Å². The highest BCUT2D eigenvalue weighted by Crippen LogP contribution is 1.95. The van der Waals surface area contributed by atoms with Gasteiger partial charge in [0.25, 0.3) is 0 Å². The molecule has 0 bridgehead atoms. The maximum Gasteiger partial charge on any atom is 0.0881 e. The van der Waals surface area contributed by atoms with Gasteiger partial charge >= 0.3 is 0 Å². The minimum Gasteiger partial charge on any atom is -0.305 e. The predicted octanol–water partition coefficient (Wildman–Crippen LogP) is 2.06. The maximum atomic E-state index is 4.86. The lowest BCUT2D eigenvalue weighted by Crippen LogP contribution is -1.91. The monoisotopic (exact) mass is 141 g/mol. The van der Waals surface area contributed by atoms with Gasteiger partial charge in [0.15, 0.2) is 0 Å². The molecule has 3 nitrogen and oxygen atoms in total. The van der Waals surface area contributed by atoms with E-state index in [2.05, 4.69) is 23.3 Å². The first-order valence-electron chi connectivity index (χ1n) is 3.58. The van der Waals surface area contributed by atoms with Crippen LogP contribution in [0.4, 0.5) is 0 Å². The van der Waals surface area contributed by atoms with E-state index in [1.807, 2.05) is 13.0 Å². The highest BCUT2D eigenvalue weighted by Gasteiger charge is 1.88. The van der Waals surface area contributed by atoms with Crippen LogP contribution in [0.2, 0.25) is 0 Å². The van der Waals surface area contributed by atoms with Crippen LogP contribution in [0.15, 0.2) is 22.5 Å². The Balaban J connectivity index is 3.45. The van der Waals surface area contributed by atoms with Crippen molar-refractivity contribution in [2.75, 3.05) is 0 Å².